The van der Waals surface area contributed by atoms with Gasteiger partial charge in [0, 0.05) is 0 Å². The van der Waals surface area contributed by atoms with Gasteiger partial charge in [0.2, 0.25) is 0 Å². The molecule has 1 heterocycles. The summed E-state index contributed by atoms with van der Waals surface area (Å²) in [6.45, 7) is 0.643. The Balaban J connectivity index is 2.63. The molecule has 1 aromatic rings. The first-order chi connectivity index (χ1) is 6.77. The summed E-state index contributed by atoms with van der Waals surface area (Å²) in [6, 6.07) is 1.81. The van der Waals surface area contributed by atoms with Crippen molar-refractivity contribution in [1.82, 2.24) is 0 Å². The Morgan fingerprint density at radius 3 is 3.14 bits per heavy atom. The number of nitrogens with two attached hydrogens (primary N) is 1. The third-order valence-corrected chi connectivity index (χ3v) is 2.58. The molecule has 0 amide bonds. The number of carbonyl (C=O) groups is 1. The summed E-state index contributed by atoms with van der Waals surface area (Å²) in [5.74, 6) is -0.284. The maximum Gasteiger partial charge on any atom is 0.348 e. The Bertz CT molecular complexity index is 331. The van der Waals surface area contributed by atoms with E-state index in [1.54, 1.807) is 0 Å². The van der Waals surface area contributed by atoms with Gasteiger partial charge in [0.15, 0.2) is 0 Å². The van der Waals surface area contributed by atoms with Crippen LogP contribution in [0.3, 0.4) is 0 Å². The van der Waals surface area contributed by atoms with Crippen molar-refractivity contribution in [3.63, 3.8) is 0 Å². The summed E-state index contributed by atoms with van der Waals surface area (Å²) >= 11 is 1.38. The van der Waals surface area contributed by atoms with Crippen LogP contribution in [-0.2, 0) is 4.74 Å². The predicted molar refractivity (Wildman–Crippen MR) is 58.4 cm³/mol. The third-order valence-electron chi connectivity index (χ3n) is 1.65. The van der Waals surface area contributed by atoms with Crippen LogP contribution in [0.1, 0.15) is 21.7 Å². The minimum absolute atomic E-state index is 0.284. The molecule has 1 rings (SSSR count). The summed E-state index contributed by atoms with van der Waals surface area (Å²) in [4.78, 5) is 11.7. The fourth-order valence-corrected chi connectivity index (χ4v) is 1.75. The number of thiophene rings is 1. The van der Waals surface area contributed by atoms with Crippen molar-refractivity contribution in [3.05, 3.63) is 28.0 Å². The summed E-state index contributed by atoms with van der Waals surface area (Å²) in [5, 5.41) is 1.92. The summed E-state index contributed by atoms with van der Waals surface area (Å²) in [6.07, 6.45) is 4.79. The lowest BCUT2D eigenvalue weighted by Gasteiger charge is -1.91. The van der Waals surface area contributed by atoms with Crippen molar-refractivity contribution in [2.24, 2.45) is 5.73 Å². The first-order valence-corrected chi connectivity index (χ1v) is 5.19. The number of hydrogen-bond donors (Lipinski definition) is 1. The molecule has 0 bridgehead atoms. The van der Waals surface area contributed by atoms with Crippen LogP contribution >= 0.6 is 11.3 Å². The van der Waals surface area contributed by atoms with E-state index in [1.165, 1.54) is 18.4 Å². The molecule has 0 aliphatic rings. The molecule has 1 aromatic heterocycles. The Kier molecular flexibility index (Phi) is 4.35. The smallest absolute Gasteiger partial charge is 0.348 e. The van der Waals surface area contributed by atoms with Crippen LogP contribution in [0.5, 0.6) is 0 Å². The molecule has 3 nitrogen and oxygen atoms in total. The van der Waals surface area contributed by atoms with E-state index < -0.39 is 0 Å². The Morgan fingerprint density at radius 2 is 2.50 bits per heavy atom. The molecule has 0 fully saturated rings. The molecule has 0 atom stereocenters. The molecule has 76 valence electrons. The largest absolute Gasteiger partial charge is 0.465 e. The van der Waals surface area contributed by atoms with Crippen LogP contribution in [-0.4, -0.2) is 19.6 Å². The highest BCUT2D eigenvalue weighted by Gasteiger charge is 2.06. The van der Waals surface area contributed by atoms with Gasteiger partial charge >= 0.3 is 5.97 Å². The highest BCUT2D eigenvalue weighted by molar-refractivity contribution is 7.12. The van der Waals surface area contributed by atoms with Crippen molar-refractivity contribution >= 4 is 23.4 Å². The maximum atomic E-state index is 11.1. The molecule has 0 saturated carbocycles. The minimum atomic E-state index is -0.284. The van der Waals surface area contributed by atoms with Gasteiger partial charge in [-0.15, -0.1) is 11.3 Å². The molecule has 0 aromatic carbocycles. The lowest BCUT2D eigenvalue weighted by atomic mass is 10.2. The first-order valence-electron chi connectivity index (χ1n) is 4.31. The van der Waals surface area contributed by atoms with Crippen LogP contribution in [0.15, 0.2) is 17.5 Å². The lowest BCUT2D eigenvalue weighted by molar-refractivity contribution is 0.0606. The van der Waals surface area contributed by atoms with Gasteiger partial charge in [-0.3, -0.25) is 0 Å². The number of methoxy groups -OCH3 is 1. The SMILES string of the molecule is COC(=O)c1cc(C=CCCN)cs1. The van der Waals surface area contributed by atoms with Gasteiger partial charge < -0.3 is 10.5 Å². The molecular weight excluding hydrogens is 198 g/mol. The molecular formula is C10H13NO2S. The fourth-order valence-electron chi connectivity index (χ4n) is 0.962. The highest BCUT2D eigenvalue weighted by Crippen LogP contribution is 2.16. The molecule has 14 heavy (non-hydrogen) atoms. The Labute approximate surface area is 87.2 Å². The van der Waals surface area contributed by atoms with Crippen molar-refractivity contribution < 1.29 is 9.53 Å². The summed E-state index contributed by atoms with van der Waals surface area (Å²) < 4.78 is 4.60. The molecule has 0 spiro atoms. The summed E-state index contributed by atoms with van der Waals surface area (Å²) in [5.41, 5.74) is 6.36. The number of esters is 1. The van der Waals surface area contributed by atoms with Crippen molar-refractivity contribution in [3.8, 4) is 0 Å². The zero-order valence-corrected chi connectivity index (χ0v) is 8.84. The van der Waals surface area contributed by atoms with Crippen molar-refractivity contribution in [1.29, 1.82) is 0 Å². The van der Waals surface area contributed by atoms with E-state index in [2.05, 4.69) is 4.74 Å². The van der Waals surface area contributed by atoms with E-state index in [0.717, 1.165) is 12.0 Å². The zero-order valence-electron chi connectivity index (χ0n) is 8.03. The van der Waals surface area contributed by atoms with Gasteiger partial charge in [-0.05, 0) is 30.0 Å². The van der Waals surface area contributed by atoms with E-state index >= 15 is 0 Å². The number of carbonyl (C=O) groups excluding carboxylic acids is 1. The molecule has 0 saturated heterocycles. The van der Waals surface area contributed by atoms with Crippen LogP contribution in [0, 0.1) is 0 Å². The van der Waals surface area contributed by atoms with Gasteiger partial charge in [-0.2, -0.15) is 0 Å². The van der Waals surface area contributed by atoms with Crippen LogP contribution in [0.2, 0.25) is 0 Å². The van der Waals surface area contributed by atoms with E-state index in [-0.39, 0.29) is 5.97 Å². The average Bonchev–Trinajstić information content (AvgIpc) is 2.66. The van der Waals surface area contributed by atoms with E-state index in [9.17, 15) is 4.79 Å². The number of hydrogen-bond acceptors (Lipinski definition) is 4. The van der Waals surface area contributed by atoms with E-state index in [0.29, 0.717) is 11.4 Å². The number of rotatable bonds is 4. The zero-order chi connectivity index (χ0) is 10.4. The third kappa shape index (κ3) is 2.97. The second-order valence-corrected chi connectivity index (χ2v) is 3.63. The quantitative estimate of drug-likeness (QED) is 0.774. The first kappa shape index (κ1) is 10.9. The second kappa shape index (κ2) is 5.57. The Morgan fingerprint density at radius 1 is 1.71 bits per heavy atom. The molecule has 4 heteroatoms. The maximum absolute atomic E-state index is 11.1. The highest BCUT2D eigenvalue weighted by atomic mass is 32.1. The van der Waals surface area contributed by atoms with E-state index in [4.69, 9.17) is 5.73 Å². The van der Waals surface area contributed by atoms with E-state index in [1.807, 2.05) is 23.6 Å². The number of ether oxygens (including phenoxy) is 1. The molecule has 0 aliphatic heterocycles. The molecule has 0 radical (unpaired) electrons. The second-order valence-electron chi connectivity index (χ2n) is 2.72. The normalized spacial score (nSPS) is 10.7. The predicted octanol–water partition coefficient (Wildman–Crippen LogP) is 1.90. The molecule has 0 aliphatic carbocycles. The van der Waals surface area contributed by atoms with Gasteiger partial charge in [0.05, 0.1) is 7.11 Å². The van der Waals surface area contributed by atoms with Gasteiger partial charge in [-0.1, -0.05) is 12.2 Å². The fraction of sp³-hybridized carbons (Fsp3) is 0.300. The van der Waals surface area contributed by atoms with Crippen LogP contribution in [0.4, 0.5) is 0 Å². The van der Waals surface area contributed by atoms with Gasteiger partial charge in [0.1, 0.15) is 4.88 Å². The topological polar surface area (TPSA) is 52.3 Å². The molecule has 2 N–H and O–H groups in total. The summed E-state index contributed by atoms with van der Waals surface area (Å²) in [7, 11) is 1.38. The lowest BCUT2D eigenvalue weighted by Crippen LogP contribution is -1.96. The van der Waals surface area contributed by atoms with Crippen molar-refractivity contribution in [2.45, 2.75) is 6.42 Å². The van der Waals surface area contributed by atoms with Crippen molar-refractivity contribution in [2.75, 3.05) is 13.7 Å². The Hall–Kier alpha value is -1.13. The minimum Gasteiger partial charge on any atom is -0.465 e. The average molecular weight is 211 g/mol. The monoisotopic (exact) mass is 211 g/mol. The standard InChI is InChI=1S/C10H13NO2S/c1-13-10(12)9-6-8(7-14-9)4-2-3-5-11/h2,4,6-7H,3,5,11H2,1H3. The van der Waals surface area contributed by atoms with Crippen LogP contribution in [0.25, 0.3) is 6.08 Å². The van der Waals surface area contributed by atoms with Crippen LogP contribution < -0.4 is 5.73 Å². The van der Waals surface area contributed by atoms with Gasteiger partial charge in [-0.25, -0.2) is 4.79 Å². The van der Waals surface area contributed by atoms with Gasteiger partial charge in [0.25, 0.3) is 0 Å². The molecule has 0 unspecified atom stereocenters.